The summed E-state index contributed by atoms with van der Waals surface area (Å²) in [6.07, 6.45) is 2.49. The van der Waals surface area contributed by atoms with Crippen LogP contribution in [0.5, 0.6) is 11.5 Å². The van der Waals surface area contributed by atoms with E-state index in [0.29, 0.717) is 6.04 Å². The first kappa shape index (κ1) is 15.9. The van der Waals surface area contributed by atoms with Gasteiger partial charge in [0.05, 0.1) is 0 Å². The molecule has 0 saturated carbocycles. The fourth-order valence-electron chi connectivity index (χ4n) is 3.21. The van der Waals surface area contributed by atoms with Crippen molar-refractivity contribution in [3.05, 3.63) is 54.6 Å². The molecule has 3 nitrogen and oxygen atoms in total. The molecule has 1 fully saturated rings. The van der Waals surface area contributed by atoms with Crippen molar-refractivity contribution in [2.75, 3.05) is 31.6 Å². The quantitative estimate of drug-likeness (QED) is 0.814. The van der Waals surface area contributed by atoms with Gasteiger partial charge in [-0.05, 0) is 55.8 Å². The summed E-state index contributed by atoms with van der Waals surface area (Å²) in [5.41, 5.74) is 1.26. The van der Waals surface area contributed by atoms with Gasteiger partial charge >= 0.3 is 0 Å². The Kier molecular flexibility index (Phi) is 5.19. The molecule has 0 bridgehead atoms. The van der Waals surface area contributed by atoms with Gasteiger partial charge in [-0.15, -0.1) is 0 Å². The Bertz CT molecular complexity index is 589. The van der Waals surface area contributed by atoms with E-state index in [1.165, 1.54) is 38.2 Å². The van der Waals surface area contributed by atoms with Crippen LogP contribution in [0.1, 0.15) is 19.8 Å². The number of benzene rings is 2. The zero-order valence-corrected chi connectivity index (χ0v) is 14.1. The Morgan fingerprint density at radius 1 is 0.957 bits per heavy atom. The molecule has 23 heavy (non-hydrogen) atoms. The van der Waals surface area contributed by atoms with Crippen molar-refractivity contribution in [3.63, 3.8) is 0 Å². The summed E-state index contributed by atoms with van der Waals surface area (Å²) in [6.45, 7) is 5.83. The van der Waals surface area contributed by atoms with E-state index in [9.17, 15) is 0 Å². The highest BCUT2D eigenvalue weighted by Crippen LogP contribution is 2.26. The van der Waals surface area contributed by atoms with Crippen LogP contribution >= 0.6 is 0 Å². The second-order valence-corrected chi connectivity index (χ2v) is 6.19. The van der Waals surface area contributed by atoms with Crippen LogP contribution in [-0.4, -0.2) is 37.6 Å². The highest BCUT2D eigenvalue weighted by atomic mass is 16.5. The Morgan fingerprint density at radius 3 is 2.17 bits per heavy atom. The highest BCUT2D eigenvalue weighted by molar-refractivity contribution is 5.50. The van der Waals surface area contributed by atoms with Gasteiger partial charge in [-0.1, -0.05) is 25.1 Å². The summed E-state index contributed by atoms with van der Waals surface area (Å²) in [6, 6.07) is 19.0. The molecule has 0 unspecified atom stereocenters. The molecule has 0 amide bonds. The molecule has 122 valence electrons. The first-order valence-corrected chi connectivity index (χ1v) is 8.54. The van der Waals surface area contributed by atoms with Gasteiger partial charge in [-0.3, -0.25) is 0 Å². The molecular formula is C20H26N2O. The van der Waals surface area contributed by atoms with E-state index in [0.717, 1.165) is 11.5 Å². The molecule has 0 aliphatic carbocycles. The van der Waals surface area contributed by atoms with Crippen molar-refractivity contribution in [2.24, 2.45) is 0 Å². The van der Waals surface area contributed by atoms with Crippen molar-refractivity contribution in [3.8, 4) is 11.5 Å². The van der Waals surface area contributed by atoms with Crippen molar-refractivity contribution in [1.29, 1.82) is 0 Å². The molecule has 1 heterocycles. The van der Waals surface area contributed by atoms with E-state index in [1.54, 1.807) is 0 Å². The molecule has 0 aromatic heterocycles. The fourth-order valence-corrected chi connectivity index (χ4v) is 3.21. The minimum atomic E-state index is 0.638. The van der Waals surface area contributed by atoms with E-state index < -0.39 is 0 Å². The molecular weight excluding hydrogens is 284 g/mol. The van der Waals surface area contributed by atoms with Crippen molar-refractivity contribution in [2.45, 2.75) is 25.8 Å². The SMILES string of the molecule is CCN1CCC(N(C)c2ccc(Oc3ccccc3)cc2)CC1. The first-order chi connectivity index (χ1) is 11.3. The Morgan fingerprint density at radius 2 is 1.57 bits per heavy atom. The summed E-state index contributed by atoms with van der Waals surface area (Å²) in [5, 5.41) is 0. The summed E-state index contributed by atoms with van der Waals surface area (Å²) < 4.78 is 5.86. The second-order valence-electron chi connectivity index (χ2n) is 6.19. The molecule has 3 rings (SSSR count). The lowest BCUT2D eigenvalue weighted by Gasteiger charge is -2.37. The molecule has 0 atom stereocenters. The monoisotopic (exact) mass is 310 g/mol. The molecule has 2 aromatic carbocycles. The van der Waals surface area contributed by atoms with Crippen molar-refractivity contribution >= 4 is 5.69 Å². The maximum Gasteiger partial charge on any atom is 0.127 e. The van der Waals surface area contributed by atoms with Gasteiger partial charge in [0, 0.05) is 31.9 Å². The normalized spacial score (nSPS) is 16.3. The third-order valence-corrected chi connectivity index (χ3v) is 4.77. The lowest BCUT2D eigenvalue weighted by molar-refractivity contribution is 0.221. The second kappa shape index (κ2) is 7.51. The van der Waals surface area contributed by atoms with Crippen molar-refractivity contribution < 1.29 is 4.74 Å². The average molecular weight is 310 g/mol. The molecule has 0 spiro atoms. The number of ether oxygens (including phenoxy) is 1. The Hall–Kier alpha value is -2.00. The van der Waals surface area contributed by atoms with Gasteiger partial charge in [-0.2, -0.15) is 0 Å². The van der Waals surface area contributed by atoms with E-state index in [-0.39, 0.29) is 0 Å². The minimum absolute atomic E-state index is 0.638. The van der Waals surface area contributed by atoms with Gasteiger partial charge in [0.2, 0.25) is 0 Å². The summed E-state index contributed by atoms with van der Waals surface area (Å²) in [5.74, 6) is 1.76. The van der Waals surface area contributed by atoms with Crippen molar-refractivity contribution in [1.82, 2.24) is 4.90 Å². The summed E-state index contributed by atoms with van der Waals surface area (Å²) >= 11 is 0. The van der Waals surface area contributed by atoms with E-state index in [2.05, 4.69) is 48.0 Å². The van der Waals surface area contributed by atoms with Crippen LogP contribution in [0.4, 0.5) is 5.69 Å². The third kappa shape index (κ3) is 4.05. The first-order valence-electron chi connectivity index (χ1n) is 8.54. The average Bonchev–Trinajstić information content (AvgIpc) is 2.63. The van der Waals surface area contributed by atoms with Gasteiger partial charge in [0.25, 0.3) is 0 Å². The van der Waals surface area contributed by atoms with Gasteiger partial charge in [0.1, 0.15) is 11.5 Å². The third-order valence-electron chi connectivity index (χ3n) is 4.77. The minimum Gasteiger partial charge on any atom is -0.457 e. The number of rotatable bonds is 5. The van der Waals surface area contributed by atoms with Crippen LogP contribution < -0.4 is 9.64 Å². The number of hydrogen-bond donors (Lipinski definition) is 0. The smallest absolute Gasteiger partial charge is 0.127 e. The fraction of sp³-hybridized carbons (Fsp3) is 0.400. The van der Waals surface area contributed by atoms with Crippen LogP contribution in [-0.2, 0) is 0 Å². The zero-order chi connectivity index (χ0) is 16.1. The molecule has 3 heteroatoms. The largest absolute Gasteiger partial charge is 0.457 e. The molecule has 0 radical (unpaired) electrons. The van der Waals surface area contributed by atoms with Crippen LogP contribution in [0.3, 0.4) is 0 Å². The predicted octanol–water partition coefficient (Wildman–Crippen LogP) is 4.40. The lowest BCUT2D eigenvalue weighted by atomic mass is 10.0. The summed E-state index contributed by atoms with van der Waals surface area (Å²) in [4.78, 5) is 4.94. The number of hydrogen-bond acceptors (Lipinski definition) is 3. The van der Waals surface area contributed by atoms with Crippen LogP contribution in [0.25, 0.3) is 0 Å². The molecule has 1 aliphatic rings. The number of likely N-dealkylation sites (tertiary alicyclic amines) is 1. The van der Waals surface area contributed by atoms with Gasteiger partial charge in [0.15, 0.2) is 0 Å². The maximum absolute atomic E-state index is 5.86. The number of piperidine rings is 1. The van der Waals surface area contributed by atoms with E-state index in [4.69, 9.17) is 4.74 Å². The number of anilines is 1. The Balaban J connectivity index is 1.60. The lowest BCUT2D eigenvalue weighted by Crippen LogP contribution is -2.43. The molecule has 0 N–H and O–H groups in total. The maximum atomic E-state index is 5.86. The molecule has 1 aliphatic heterocycles. The number of nitrogens with zero attached hydrogens (tertiary/aromatic N) is 2. The number of para-hydroxylation sites is 1. The van der Waals surface area contributed by atoms with Crippen LogP contribution in [0.15, 0.2) is 54.6 Å². The summed E-state index contributed by atoms with van der Waals surface area (Å²) in [7, 11) is 2.21. The predicted molar refractivity (Wildman–Crippen MR) is 96.5 cm³/mol. The van der Waals surface area contributed by atoms with Crippen LogP contribution in [0, 0.1) is 0 Å². The van der Waals surface area contributed by atoms with Crippen LogP contribution in [0.2, 0.25) is 0 Å². The Labute approximate surface area is 139 Å². The van der Waals surface area contributed by atoms with Gasteiger partial charge in [-0.25, -0.2) is 0 Å². The standard InChI is InChI=1S/C20H26N2O/c1-3-22-15-13-18(14-16-22)21(2)17-9-11-20(12-10-17)23-19-7-5-4-6-8-19/h4-12,18H,3,13-16H2,1-2H3. The van der Waals surface area contributed by atoms with E-state index >= 15 is 0 Å². The topological polar surface area (TPSA) is 15.7 Å². The molecule has 1 saturated heterocycles. The van der Waals surface area contributed by atoms with Gasteiger partial charge < -0.3 is 14.5 Å². The van der Waals surface area contributed by atoms with E-state index in [1.807, 2.05) is 30.3 Å². The molecule has 2 aromatic rings. The highest BCUT2D eigenvalue weighted by Gasteiger charge is 2.21. The zero-order valence-electron chi connectivity index (χ0n) is 14.1.